The van der Waals surface area contributed by atoms with Gasteiger partial charge in [0.1, 0.15) is 17.3 Å². The van der Waals surface area contributed by atoms with Gasteiger partial charge in [-0.05, 0) is 54.6 Å². The van der Waals surface area contributed by atoms with E-state index in [0.717, 1.165) is 65.8 Å². The number of hydrogen-bond acceptors (Lipinski definition) is 5. The highest BCUT2D eigenvalue weighted by Gasteiger charge is 2.20. The number of benzene rings is 2. The highest BCUT2D eigenvalue weighted by Crippen LogP contribution is 2.31. The number of furan rings is 1. The molecule has 2 aromatic carbocycles. The second-order valence-electron chi connectivity index (χ2n) is 7.75. The number of methoxy groups -OCH3 is 1. The fraction of sp³-hybridized carbons (Fsp3) is 0.200. The van der Waals surface area contributed by atoms with Crippen LogP contribution in [0.4, 0.5) is 0 Å². The normalized spacial score (nSPS) is 13.7. The Kier molecular flexibility index (Phi) is 5.87. The molecule has 0 saturated carbocycles. The summed E-state index contributed by atoms with van der Waals surface area (Å²) < 4.78 is 11.3. The molecule has 2 aromatic heterocycles. The Balaban J connectivity index is 1.28. The molecule has 5 rings (SSSR count). The van der Waals surface area contributed by atoms with E-state index in [9.17, 15) is 0 Å². The van der Waals surface area contributed by atoms with E-state index >= 15 is 0 Å². The van der Waals surface area contributed by atoms with E-state index in [2.05, 4.69) is 9.88 Å². The minimum Gasteiger partial charge on any atom is -0.495 e. The molecule has 1 aliphatic rings. The number of nitrogens with zero attached hydrogens (tertiary/aromatic N) is 3. The monoisotopic (exact) mass is 465 g/mol. The molecule has 0 radical (unpaired) electrons. The van der Waals surface area contributed by atoms with Crippen molar-refractivity contribution in [2.45, 2.75) is 19.5 Å². The van der Waals surface area contributed by atoms with Gasteiger partial charge in [-0.15, -0.1) is 0 Å². The fourth-order valence-corrected chi connectivity index (χ4v) is 4.29. The summed E-state index contributed by atoms with van der Waals surface area (Å²) in [5.74, 6) is 3.09. The summed E-state index contributed by atoms with van der Waals surface area (Å²) in [4.78, 5) is 11.7. The summed E-state index contributed by atoms with van der Waals surface area (Å²) in [6, 6.07) is 17.3. The lowest BCUT2D eigenvalue weighted by Crippen LogP contribution is -2.30. The molecule has 3 heterocycles. The Bertz CT molecular complexity index is 1250. The standard InChI is InChI=1S/C25H21Cl2N3O2/c1-31-24-8-4-17(12-21(24)27)23-9-7-20(32-23)15-30-11-10-22-18(14-30)13-28-25(29-22)16-2-5-19(26)6-3-16/h2-9,12-13H,10-11,14-15H2,1H3. The van der Waals surface area contributed by atoms with Crippen LogP contribution in [-0.2, 0) is 19.5 Å². The maximum atomic E-state index is 6.25. The van der Waals surface area contributed by atoms with Crippen LogP contribution in [0.5, 0.6) is 5.75 Å². The summed E-state index contributed by atoms with van der Waals surface area (Å²) in [5.41, 5.74) is 4.16. The molecule has 0 bridgehead atoms. The first kappa shape index (κ1) is 21.0. The molecule has 4 aromatic rings. The maximum absolute atomic E-state index is 6.25. The SMILES string of the molecule is COc1ccc(-c2ccc(CN3CCc4nc(-c5ccc(Cl)cc5)ncc4C3)o2)cc1Cl. The lowest BCUT2D eigenvalue weighted by molar-refractivity contribution is 0.224. The zero-order valence-corrected chi connectivity index (χ0v) is 19.0. The first-order valence-corrected chi connectivity index (χ1v) is 11.1. The van der Waals surface area contributed by atoms with Crippen molar-refractivity contribution in [3.8, 4) is 28.5 Å². The van der Waals surface area contributed by atoms with Crippen molar-refractivity contribution in [2.75, 3.05) is 13.7 Å². The smallest absolute Gasteiger partial charge is 0.159 e. The summed E-state index contributed by atoms with van der Waals surface area (Å²) >= 11 is 12.2. The van der Waals surface area contributed by atoms with Crippen LogP contribution in [0.3, 0.4) is 0 Å². The molecule has 0 atom stereocenters. The summed E-state index contributed by atoms with van der Waals surface area (Å²) in [5, 5.41) is 1.27. The van der Waals surface area contributed by atoms with Crippen LogP contribution in [-0.4, -0.2) is 28.5 Å². The van der Waals surface area contributed by atoms with E-state index < -0.39 is 0 Å². The average Bonchev–Trinajstić information content (AvgIpc) is 3.27. The lowest BCUT2D eigenvalue weighted by Gasteiger charge is -2.27. The number of fused-ring (bicyclic) bond motifs is 1. The molecule has 0 N–H and O–H groups in total. The van der Waals surface area contributed by atoms with Crippen molar-refractivity contribution in [1.29, 1.82) is 0 Å². The minimum absolute atomic E-state index is 0.563. The lowest BCUT2D eigenvalue weighted by atomic mass is 10.1. The Morgan fingerprint density at radius 3 is 2.62 bits per heavy atom. The molecule has 1 aliphatic heterocycles. The maximum Gasteiger partial charge on any atom is 0.159 e. The molecule has 162 valence electrons. The van der Waals surface area contributed by atoms with Gasteiger partial charge in [0.15, 0.2) is 5.82 Å². The van der Waals surface area contributed by atoms with Gasteiger partial charge in [0.25, 0.3) is 0 Å². The van der Waals surface area contributed by atoms with E-state index in [0.29, 0.717) is 15.8 Å². The van der Waals surface area contributed by atoms with E-state index in [4.69, 9.17) is 37.3 Å². The van der Waals surface area contributed by atoms with Crippen LogP contribution in [0.2, 0.25) is 10.0 Å². The van der Waals surface area contributed by atoms with Crippen LogP contribution in [0.1, 0.15) is 17.0 Å². The molecule has 7 heteroatoms. The van der Waals surface area contributed by atoms with Crippen LogP contribution in [0.25, 0.3) is 22.7 Å². The molecule has 0 fully saturated rings. The van der Waals surface area contributed by atoms with Crippen LogP contribution < -0.4 is 4.74 Å². The van der Waals surface area contributed by atoms with Gasteiger partial charge in [-0.2, -0.15) is 0 Å². The van der Waals surface area contributed by atoms with Crippen molar-refractivity contribution in [3.05, 3.63) is 87.9 Å². The zero-order chi connectivity index (χ0) is 22.1. The molecule has 0 amide bonds. The molecule has 5 nitrogen and oxygen atoms in total. The summed E-state index contributed by atoms with van der Waals surface area (Å²) in [7, 11) is 1.60. The third-order valence-electron chi connectivity index (χ3n) is 5.59. The highest BCUT2D eigenvalue weighted by molar-refractivity contribution is 6.32. The van der Waals surface area contributed by atoms with Crippen molar-refractivity contribution >= 4 is 23.2 Å². The van der Waals surface area contributed by atoms with Gasteiger partial charge in [-0.25, -0.2) is 9.97 Å². The van der Waals surface area contributed by atoms with Gasteiger partial charge in [0.2, 0.25) is 0 Å². The Morgan fingerprint density at radius 1 is 1.03 bits per heavy atom. The second-order valence-corrected chi connectivity index (χ2v) is 8.59. The van der Waals surface area contributed by atoms with E-state index in [-0.39, 0.29) is 0 Å². The molecule has 32 heavy (non-hydrogen) atoms. The Hall–Kier alpha value is -2.86. The second kappa shape index (κ2) is 8.94. The van der Waals surface area contributed by atoms with Gasteiger partial charge in [0.05, 0.1) is 24.4 Å². The predicted octanol–water partition coefficient (Wildman–Crippen LogP) is 6.28. The third-order valence-corrected chi connectivity index (χ3v) is 6.14. The van der Waals surface area contributed by atoms with Gasteiger partial charge >= 0.3 is 0 Å². The fourth-order valence-electron chi connectivity index (χ4n) is 3.91. The van der Waals surface area contributed by atoms with Crippen molar-refractivity contribution in [2.24, 2.45) is 0 Å². The number of halogens is 2. The first-order chi connectivity index (χ1) is 15.6. The van der Waals surface area contributed by atoms with E-state index in [1.165, 1.54) is 0 Å². The summed E-state index contributed by atoms with van der Waals surface area (Å²) in [6.07, 6.45) is 2.81. The van der Waals surface area contributed by atoms with Crippen LogP contribution >= 0.6 is 23.2 Å². The zero-order valence-electron chi connectivity index (χ0n) is 17.5. The van der Waals surface area contributed by atoms with Crippen LogP contribution in [0, 0.1) is 0 Å². The van der Waals surface area contributed by atoms with E-state index in [1.54, 1.807) is 7.11 Å². The van der Waals surface area contributed by atoms with Gasteiger partial charge < -0.3 is 9.15 Å². The molecular weight excluding hydrogens is 445 g/mol. The Labute approximate surface area is 196 Å². The van der Waals surface area contributed by atoms with Crippen LogP contribution in [0.15, 0.2) is 65.2 Å². The average molecular weight is 466 g/mol. The molecule has 0 spiro atoms. The van der Waals surface area contributed by atoms with E-state index in [1.807, 2.05) is 60.8 Å². The summed E-state index contributed by atoms with van der Waals surface area (Å²) in [6.45, 7) is 2.43. The number of rotatable bonds is 5. The van der Waals surface area contributed by atoms with Gasteiger partial charge in [0, 0.05) is 47.4 Å². The molecule has 0 saturated heterocycles. The number of ether oxygens (including phenoxy) is 1. The quantitative estimate of drug-likeness (QED) is 0.347. The third kappa shape index (κ3) is 4.37. The highest BCUT2D eigenvalue weighted by atomic mass is 35.5. The van der Waals surface area contributed by atoms with Crippen molar-refractivity contribution in [1.82, 2.24) is 14.9 Å². The van der Waals surface area contributed by atoms with Gasteiger partial charge in [-0.1, -0.05) is 23.2 Å². The predicted molar refractivity (Wildman–Crippen MR) is 126 cm³/mol. The van der Waals surface area contributed by atoms with Crippen molar-refractivity contribution < 1.29 is 9.15 Å². The molecular formula is C25H21Cl2N3O2. The number of hydrogen-bond donors (Lipinski definition) is 0. The first-order valence-electron chi connectivity index (χ1n) is 10.3. The molecule has 0 aliphatic carbocycles. The minimum atomic E-state index is 0.563. The van der Waals surface area contributed by atoms with Crippen molar-refractivity contribution in [3.63, 3.8) is 0 Å². The topological polar surface area (TPSA) is 51.4 Å². The Morgan fingerprint density at radius 2 is 1.84 bits per heavy atom. The van der Waals surface area contributed by atoms with Gasteiger partial charge in [-0.3, -0.25) is 4.90 Å². The number of aromatic nitrogens is 2. The largest absolute Gasteiger partial charge is 0.495 e. The molecule has 0 unspecified atom stereocenters.